The Labute approximate surface area is 77.7 Å². The summed E-state index contributed by atoms with van der Waals surface area (Å²) in [5.74, 6) is 2.35. The summed E-state index contributed by atoms with van der Waals surface area (Å²) in [6, 6.07) is 0. The van der Waals surface area contributed by atoms with Crippen molar-refractivity contribution in [2.45, 2.75) is 47.0 Å². The van der Waals surface area contributed by atoms with Crippen LogP contribution in [0.5, 0.6) is 0 Å². The maximum absolute atomic E-state index is 5.62. The molecule has 3 unspecified atom stereocenters. The number of nitrogens with two attached hydrogens (primary N) is 1. The molecule has 12 heavy (non-hydrogen) atoms. The van der Waals surface area contributed by atoms with Crippen LogP contribution < -0.4 is 5.73 Å². The van der Waals surface area contributed by atoms with Crippen LogP contribution in [0.1, 0.15) is 47.0 Å². The maximum atomic E-state index is 5.62. The second kappa shape index (κ2) is 6.47. The second-order valence-electron chi connectivity index (χ2n) is 4.32. The van der Waals surface area contributed by atoms with Crippen molar-refractivity contribution in [2.24, 2.45) is 23.5 Å². The third kappa shape index (κ3) is 4.76. The molecule has 0 aromatic heterocycles. The fourth-order valence-corrected chi connectivity index (χ4v) is 1.71. The van der Waals surface area contributed by atoms with E-state index in [9.17, 15) is 0 Å². The minimum absolute atomic E-state index is 0.685. The van der Waals surface area contributed by atoms with E-state index in [0.29, 0.717) is 5.92 Å². The molecule has 0 fully saturated rings. The van der Waals surface area contributed by atoms with Gasteiger partial charge in [-0.25, -0.2) is 0 Å². The molecule has 0 saturated carbocycles. The normalized spacial score (nSPS) is 18.8. The second-order valence-corrected chi connectivity index (χ2v) is 4.32. The minimum Gasteiger partial charge on any atom is -0.330 e. The number of rotatable bonds is 6. The van der Waals surface area contributed by atoms with E-state index in [4.69, 9.17) is 5.73 Å². The van der Waals surface area contributed by atoms with Gasteiger partial charge in [-0.1, -0.05) is 40.5 Å². The molecule has 0 bridgehead atoms. The van der Waals surface area contributed by atoms with Crippen LogP contribution in [-0.4, -0.2) is 6.54 Å². The Morgan fingerprint density at radius 2 is 1.67 bits per heavy atom. The third-order valence-electron chi connectivity index (χ3n) is 2.90. The lowest BCUT2D eigenvalue weighted by molar-refractivity contribution is 0.309. The highest BCUT2D eigenvalue weighted by Gasteiger charge is 2.13. The summed E-state index contributed by atoms with van der Waals surface area (Å²) < 4.78 is 0. The molecule has 3 atom stereocenters. The summed E-state index contributed by atoms with van der Waals surface area (Å²) in [4.78, 5) is 0. The molecule has 0 heterocycles. The first-order valence-electron chi connectivity index (χ1n) is 5.31. The Balaban J connectivity index is 3.59. The van der Waals surface area contributed by atoms with Gasteiger partial charge in [0, 0.05) is 0 Å². The summed E-state index contributed by atoms with van der Waals surface area (Å²) in [5, 5.41) is 0. The van der Waals surface area contributed by atoms with Crippen molar-refractivity contribution in [1.82, 2.24) is 0 Å². The molecule has 0 aliphatic rings. The predicted octanol–water partition coefficient (Wildman–Crippen LogP) is 3.04. The molecule has 1 nitrogen and oxygen atoms in total. The van der Waals surface area contributed by atoms with Gasteiger partial charge in [-0.15, -0.1) is 0 Å². The van der Waals surface area contributed by atoms with Crippen LogP contribution in [0.4, 0.5) is 0 Å². The van der Waals surface area contributed by atoms with Gasteiger partial charge in [0.25, 0.3) is 0 Å². The van der Waals surface area contributed by atoms with E-state index >= 15 is 0 Å². The average Bonchev–Trinajstić information content (AvgIpc) is 2.03. The largest absolute Gasteiger partial charge is 0.330 e. The van der Waals surface area contributed by atoms with E-state index in [0.717, 1.165) is 18.4 Å². The van der Waals surface area contributed by atoms with E-state index in [1.54, 1.807) is 0 Å². The summed E-state index contributed by atoms with van der Waals surface area (Å²) in [5.41, 5.74) is 5.62. The van der Waals surface area contributed by atoms with Gasteiger partial charge in [-0.05, 0) is 30.7 Å². The zero-order valence-corrected chi connectivity index (χ0v) is 9.14. The van der Waals surface area contributed by atoms with Crippen molar-refractivity contribution >= 4 is 0 Å². The first-order chi connectivity index (χ1) is 5.61. The smallest absolute Gasteiger partial charge is 0.00490 e. The lowest BCUT2D eigenvalue weighted by Gasteiger charge is -2.21. The van der Waals surface area contributed by atoms with Crippen LogP contribution >= 0.6 is 0 Å². The first kappa shape index (κ1) is 12.0. The van der Waals surface area contributed by atoms with Crippen molar-refractivity contribution in [2.75, 3.05) is 6.54 Å². The van der Waals surface area contributed by atoms with Crippen molar-refractivity contribution in [3.05, 3.63) is 0 Å². The highest BCUT2D eigenvalue weighted by molar-refractivity contribution is 4.65. The Morgan fingerprint density at radius 1 is 1.08 bits per heavy atom. The molecule has 1 heteroatoms. The van der Waals surface area contributed by atoms with E-state index < -0.39 is 0 Å². The lowest BCUT2D eigenvalue weighted by Crippen LogP contribution is -2.20. The molecule has 0 aromatic carbocycles. The fourth-order valence-electron chi connectivity index (χ4n) is 1.71. The summed E-state index contributed by atoms with van der Waals surface area (Å²) in [7, 11) is 0. The molecule has 0 aliphatic heterocycles. The molecule has 0 radical (unpaired) electrons. The van der Waals surface area contributed by atoms with Crippen LogP contribution in [0.25, 0.3) is 0 Å². The van der Waals surface area contributed by atoms with Gasteiger partial charge in [0.05, 0.1) is 0 Å². The Bertz CT molecular complexity index is 101. The van der Waals surface area contributed by atoms with Crippen molar-refractivity contribution in [1.29, 1.82) is 0 Å². The van der Waals surface area contributed by atoms with Gasteiger partial charge in [0.1, 0.15) is 0 Å². The molecule has 0 aliphatic carbocycles. The van der Waals surface area contributed by atoms with Crippen LogP contribution in [0.2, 0.25) is 0 Å². The van der Waals surface area contributed by atoms with Crippen LogP contribution in [0.3, 0.4) is 0 Å². The summed E-state index contributed by atoms with van der Waals surface area (Å²) in [6.45, 7) is 10.0. The van der Waals surface area contributed by atoms with Crippen LogP contribution in [0.15, 0.2) is 0 Å². The van der Waals surface area contributed by atoms with Gasteiger partial charge < -0.3 is 5.73 Å². The molecule has 2 N–H and O–H groups in total. The Morgan fingerprint density at radius 3 is 2.08 bits per heavy atom. The zero-order valence-electron chi connectivity index (χ0n) is 9.14. The number of hydrogen-bond acceptors (Lipinski definition) is 1. The van der Waals surface area contributed by atoms with Crippen molar-refractivity contribution < 1.29 is 0 Å². The fraction of sp³-hybridized carbons (Fsp3) is 1.00. The Hall–Kier alpha value is -0.0400. The SMILES string of the molecule is CCCC(C)CC(C)C(C)CN. The standard InChI is InChI=1S/C11H25N/c1-5-6-9(2)7-10(3)11(4)8-12/h9-11H,5-8,12H2,1-4H3. The summed E-state index contributed by atoms with van der Waals surface area (Å²) in [6.07, 6.45) is 4.01. The van der Waals surface area contributed by atoms with E-state index in [2.05, 4.69) is 27.7 Å². The molecule has 0 saturated heterocycles. The molecule has 74 valence electrons. The quantitative estimate of drug-likeness (QED) is 0.653. The topological polar surface area (TPSA) is 26.0 Å². The average molecular weight is 171 g/mol. The molecular formula is C11H25N. The molecular weight excluding hydrogens is 146 g/mol. The molecule has 0 aromatic rings. The Kier molecular flexibility index (Phi) is 6.45. The van der Waals surface area contributed by atoms with E-state index in [1.807, 2.05) is 0 Å². The van der Waals surface area contributed by atoms with Gasteiger partial charge >= 0.3 is 0 Å². The molecule has 0 spiro atoms. The first-order valence-corrected chi connectivity index (χ1v) is 5.31. The minimum atomic E-state index is 0.685. The molecule has 0 rings (SSSR count). The third-order valence-corrected chi connectivity index (χ3v) is 2.90. The monoisotopic (exact) mass is 171 g/mol. The highest BCUT2D eigenvalue weighted by Crippen LogP contribution is 2.21. The van der Waals surface area contributed by atoms with E-state index in [-0.39, 0.29) is 0 Å². The zero-order chi connectivity index (χ0) is 9.56. The van der Waals surface area contributed by atoms with E-state index in [1.165, 1.54) is 19.3 Å². The van der Waals surface area contributed by atoms with Crippen molar-refractivity contribution in [3.8, 4) is 0 Å². The van der Waals surface area contributed by atoms with Crippen molar-refractivity contribution in [3.63, 3.8) is 0 Å². The van der Waals surface area contributed by atoms with Gasteiger partial charge in [-0.2, -0.15) is 0 Å². The lowest BCUT2D eigenvalue weighted by atomic mass is 9.86. The van der Waals surface area contributed by atoms with Crippen LogP contribution in [0, 0.1) is 17.8 Å². The summed E-state index contributed by atoms with van der Waals surface area (Å²) >= 11 is 0. The highest BCUT2D eigenvalue weighted by atomic mass is 14.5. The molecule has 0 amide bonds. The van der Waals surface area contributed by atoms with Gasteiger partial charge in [0.2, 0.25) is 0 Å². The maximum Gasteiger partial charge on any atom is -0.00490 e. The van der Waals surface area contributed by atoms with Gasteiger partial charge in [0.15, 0.2) is 0 Å². The number of hydrogen-bond donors (Lipinski definition) is 1. The van der Waals surface area contributed by atoms with Crippen LogP contribution in [-0.2, 0) is 0 Å². The predicted molar refractivity (Wildman–Crippen MR) is 56.1 cm³/mol. The van der Waals surface area contributed by atoms with Gasteiger partial charge in [-0.3, -0.25) is 0 Å².